The zero-order valence-electron chi connectivity index (χ0n) is 12.2. The summed E-state index contributed by atoms with van der Waals surface area (Å²) >= 11 is 0. The van der Waals surface area contributed by atoms with Crippen molar-refractivity contribution in [2.24, 2.45) is 5.92 Å². The molecular weight excluding hydrogens is 252 g/mol. The number of hydrogen-bond donors (Lipinski definition) is 0. The third kappa shape index (κ3) is 3.47. The van der Waals surface area contributed by atoms with Gasteiger partial charge in [0.2, 0.25) is 0 Å². The van der Waals surface area contributed by atoms with Crippen LogP contribution in [0.1, 0.15) is 35.7 Å². The molecule has 0 aliphatic rings. The lowest BCUT2D eigenvalue weighted by Crippen LogP contribution is -2.34. The van der Waals surface area contributed by atoms with Crippen molar-refractivity contribution < 1.29 is 9.21 Å². The lowest BCUT2D eigenvalue weighted by Gasteiger charge is -2.23. The number of pyridine rings is 1. The lowest BCUT2D eigenvalue weighted by atomic mass is 10.1. The predicted molar refractivity (Wildman–Crippen MR) is 77.3 cm³/mol. The first kappa shape index (κ1) is 14.3. The summed E-state index contributed by atoms with van der Waals surface area (Å²) in [4.78, 5) is 18.6. The van der Waals surface area contributed by atoms with E-state index < -0.39 is 0 Å². The number of amides is 1. The SMILES string of the molecule is Cc1ccoc1C(=O)N(Cc1ccccn1)CC(C)C. The molecule has 106 valence electrons. The third-order valence-corrected chi connectivity index (χ3v) is 3.01. The molecule has 0 aliphatic heterocycles. The highest BCUT2D eigenvalue weighted by molar-refractivity contribution is 5.92. The Morgan fingerprint density at radius 2 is 2.15 bits per heavy atom. The Labute approximate surface area is 119 Å². The predicted octanol–water partition coefficient (Wildman–Crippen LogP) is 3.28. The number of aryl methyl sites for hydroxylation is 1. The molecule has 0 unspecified atom stereocenters. The summed E-state index contributed by atoms with van der Waals surface area (Å²) < 4.78 is 5.31. The van der Waals surface area contributed by atoms with Gasteiger partial charge in [-0.05, 0) is 31.0 Å². The average Bonchev–Trinajstić information content (AvgIpc) is 2.84. The van der Waals surface area contributed by atoms with Gasteiger partial charge in [-0.3, -0.25) is 9.78 Å². The van der Waals surface area contributed by atoms with E-state index in [1.54, 1.807) is 17.4 Å². The van der Waals surface area contributed by atoms with E-state index in [0.29, 0.717) is 24.8 Å². The Bertz CT molecular complexity index is 561. The molecule has 0 N–H and O–H groups in total. The van der Waals surface area contributed by atoms with Gasteiger partial charge in [-0.2, -0.15) is 0 Å². The molecule has 2 heterocycles. The fourth-order valence-electron chi connectivity index (χ4n) is 2.08. The highest BCUT2D eigenvalue weighted by Gasteiger charge is 2.21. The van der Waals surface area contributed by atoms with Crippen molar-refractivity contribution in [1.29, 1.82) is 0 Å². The first-order chi connectivity index (χ1) is 9.58. The maximum atomic E-state index is 12.6. The standard InChI is InChI=1S/C16H20N2O2/c1-12(2)10-18(11-14-6-4-5-8-17-14)16(19)15-13(3)7-9-20-15/h4-9,12H,10-11H2,1-3H3. The van der Waals surface area contributed by atoms with Crippen LogP contribution in [0.5, 0.6) is 0 Å². The first-order valence-electron chi connectivity index (χ1n) is 6.81. The van der Waals surface area contributed by atoms with E-state index in [1.807, 2.05) is 31.2 Å². The smallest absolute Gasteiger partial charge is 0.290 e. The number of furan rings is 1. The van der Waals surface area contributed by atoms with Gasteiger partial charge in [-0.25, -0.2) is 0 Å². The average molecular weight is 272 g/mol. The number of carbonyl (C=O) groups excluding carboxylic acids is 1. The molecule has 4 heteroatoms. The van der Waals surface area contributed by atoms with E-state index in [2.05, 4.69) is 18.8 Å². The van der Waals surface area contributed by atoms with Crippen molar-refractivity contribution in [1.82, 2.24) is 9.88 Å². The van der Waals surface area contributed by atoms with Crippen LogP contribution in [0.25, 0.3) is 0 Å². The van der Waals surface area contributed by atoms with Gasteiger partial charge >= 0.3 is 0 Å². The zero-order valence-corrected chi connectivity index (χ0v) is 12.2. The maximum Gasteiger partial charge on any atom is 0.290 e. The summed E-state index contributed by atoms with van der Waals surface area (Å²) in [5.41, 5.74) is 1.75. The maximum absolute atomic E-state index is 12.6. The van der Waals surface area contributed by atoms with Gasteiger partial charge in [-0.15, -0.1) is 0 Å². The van der Waals surface area contributed by atoms with Gasteiger partial charge in [0, 0.05) is 18.3 Å². The molecule has 0 saturated carbocycles. The minimum atomic E-state index is -0.0770. The molecule has 0 radical (unpaired) electrons. The second kappa shape index (κ2) is 6.37. The van der Waals surface area contributed by atoms with Crippen molar-refractivity contribution >= 4 is 5.91 Å². The third-order valence-electron chi connectivity index (χ3n) is 3.01. The highest BCUT2D eigenvalue weighted by Crippen LogP contribution is 2.15. The van der Waals surface area contributed by atoms with Gasteiger partial charge in [0.1, 0.15) is 0 Å². The summed E-state index contributed by atoms with van der Waals surface area (Å²) in [6, 6.07) is 7.53. The summed E-state index contributed by atoms with van der Waals surface area (Å²) in [7, 11) is 0. The fourth-order valence-corrected chi connectivity index (χ4v) is 2.08. The summed E-state index contributed by atoms with van der Waals surface area (Å²) in [6.45, 7) is 7.24. The normalized spacial score (nSPS) is 10.8. The van der Waals surface area contributed by atoms with Gasteiger partial charge in [-0.1, -0.05) is 19.9 Å². The van der Waals surface area contributed by atoms with Crippen molar-refractivity contribution in [3.8, 4) is 0 Å². The topological polar surface area (TPSA) is 46.3 Å². The van der Waals surface area contributed by atoms with E-state index in [4.69, 9.17) is 4.42 Å². The molecule has 20 heavy (non-hydrogen) atoms. The monoisotopic (exact) mass is 272 g/mol. The summed E-state index contributed by atoms with van der Waals surface area (Å²) in [6.07, 6.45) is 3.29. The van der Waals surface area contributed by atoms with E-state index in [0.717, 1.165) is 11.3 Å². The van der Waals surface area contributed by atoms with Crippen LogP contribution in [-0.4, -0.2) is 22.3 Å². The fraction of sp³-hybridized carbons (Fsp3) is 0.375. The molecule has 2 rings (SSSR count). The van der Waals surface area contributed by atoms with Crippen LogP contribution in [0.3, 0.4) is 0 Å². The summed E-state index contributed by atoms with van der Waals surface area (Å²) in [5.74, 6) is 0.728. The molecule has 1 amide bonds. The second-order valence-electron chi connectivity index (χ2n) is 5.33. The second-order valence-corrected chi connectivity index (χ2v) is 5.33. The molecule has 0 atom stereocenters. The number of carbonyl (C=O) groups is 1. The van der Waals surface area contributed by atoms with Crippen LogP contribution in [0.4, 0.5) is 0 Å². The summed E-state index contributed by atoms with van der Waals surface area (Å²) in [5, 5.41) is 0. The Hall–Kier alpha value is -2.10. The molecule has 2 aromatic heterocycles. The van der Waals surface area contributed by atoms with E-state index in [9.17, 15) is 4.79 Å². The molecule has 0 aliphatic carbocycles. The molecule has 0 aromatic carbocycles. The van der Waals surface area contributed by atoms with E-state index >= 15 is 0 Å². The molecule has 0 saturated heterocycles. The van der Waals surface area contributed by atoms with E-state index in [1.165, 1.54) is 0 Å². The minimum absolute atomic E-state index is 0.0770. The van der Waals surface area contributed by atoms with Crippen molar-refractivity contribution in [2.75, 3.05) is 6.54 Å². The van der Waals surface area contributed by atoms with Crippen molar-refractivity contribution in [3.63, 3.8) is 0 Å². The highest BCUT2D eigenvalue weighted by atomic mass is 16.3. The van der Waals surface area contributed by atoms with Crippen LogP contribution in [-0.2, 0) is 6.54 Å². The Kier molecular flexibility index (Phi) is 4.56. The number of rotatable bonds is 5. The molecular formula is C16H20N2O2. The van der Waals surface area contributed by atoms with Gasteiger partial charge in [0.15, 0.2) is 5.76 Å². The van der Waals surface area contributed by atoms with Crippen LogP contribution in [0.15, 0.2) is 41.1 Å². The molecule has 0 bridgehead atoms. The van der Waals surface area contributed by atoms with Crippen molar-refractivity contribution in [2.45, 2.75) is 27.3 Å². The van der Waals surface area contributed by atoms with E-state index in [-0.39, 0.29) is 5.91 Å². The molecule has 2 aromatic rings. The lowest BCUT2D eigenvalue weighted by molar-refractivity contribution is 0.0687. The minimum Gasteiger partial charge on any atom is -0.459 e. The zero-order chi connectivity index (χ0) is 14.5. The molecule has 4 nitrogen and oxygen atoms in total. The number of hydrogen-bond acceptors (Lipinski definition) is 3. The Balaban J connectivity index is 2.19. The Morgan fingerprint density at radius 1 is 1.35 bits per heavy atom. The molecule has 0 fully saturated rings. The van der Waals surface area contributed by atoms with Crippen LogP contribution in [0, 0.1) is 12.8 Å². The van der Waals surface area contributed by atoms with Gasteiger partial charge in [0.25, 0.3) is 5.91 Å². The number of aromatic nitrogens is 1. The van der Waals surface area contributed by atoms with Crippen LogP contribution < -0.4 is 0 Å². The van der Waals surface area contributed by atoms with Gasteiger partial charge < -0.3 is 9.32 Å². The Morgan fingerprint density at radius 3 is 2.70 bits per heavy atom. The van der Waals surface area contributed by atoms with Crippen LogP contribution >= 0.6 is 0 Å². The quantitative estimate of drug-likeness (QED) is 0.839. The number of nitrogens with zero attached hydrogens (tertiary/aromatic N) is 2. The van der Waals surface area contributed by atoms with Crippen molar-refractivity contribution in [3.05, 3.63) is 53.7 Å². The van der Waals surface area contributed by atoms with Gasteiger partial charge in [0.05, 0.1) is 18.5 Å². The van der Waals surface area contributed by atoms with Crippen LogP contribution in [0.2, 0.25) is 0 Å². The largest absolute Gasteiger partial charge is 0.459 e. The first-order valence-corrected chi connectivity index (χ1v) is 6.81. The molecule has 0 spiro atoms.